The summed E-state index contributed by atoms with van der Waals surface area (Å²) >= 11 is 0. The highest BCUT2D eigenvalue weighted by atomic mass is 16.5. The Kier molecular flexibility index (Phi) is 6.08. The summed E-state index contributed by atoms with van der Waals surface area (Å²) < 4.78 is 6.37. The van der Waals surface area contributed by atoms with Crippen LogP contribution in [0.1, 0.15) is 23.0 Å². The number of nitrogen functional groups attached to an aromatic ring is 1. The number of amides is 2. The van der Waals surface area contributed by atoms with Gasteiger partial charge in [0, 0.05) is 5.69 Å². The van der Waals surface area contributed by atoms with E-state index in [0.717, 1.165) is 12.0 Å². The Morgan fingerprint density at radius 1 is 1.10 bits per heavy atom. The van der Waals surface area contributed by atoms with Gasteiger partial charge in [-0.1, -0.05) is 36.4 Å². The normalized spacial score (nSPS) is 10.4. The molecule has 150 valence electrons. The van der Waals surface area contributed by atoms with Crippen LogP contribution in [0.4, 0.5) is 17.2 Å². The zero-order chi connectivity index (χ0) is 20.8. The molecule has 29 heavy (non-hydrogen) atoms. The van der Waals surface area contributed by atoms with Crippen LogP contribution in [-0.2, 0) is 17.8 Å². The van der Waals surface area contributed by atoms with Crippen LogP contribution in [0.2, 0.25) is 0 Å². The summed E-state index contributed by atoms with van der Waals surface area (Å²) in [6.45, 7) is 1.85. The Balaban J connectivity index is 1.66. The van der Waals surface area contributed by atoms with Gasteiger partial charge in [0.1, 0.15) is 12.3 Å². The lowest BCUT2D eigenvalue weighted by Crippen LogP contribution is -2.21. The van der Waals surface area contributed by atoms with Gasteiger partial charge in [0.25, 0.3) is 5.91 Å². The number of aryl methyl sites for hydroxylation is 1. The summed E-state index contributed by atoms with van der Waals surface area (Å²) in [7, 11) is 1.51. The molecule has 1 heterocycles. The maximum atomic E-state index is 12.4. The fourth-order valence-corrected chi connectivity index (χ4v) is 2.69. The largest absolute Gasteiger partial charge is 0.495 e. The number of para-hydroxylation sites is 2. The molecule has 0 saturated heterocycles. The number of rotatable bonds is 7. The first-order valence-corrected chi connectivity index (χ1v) is 9.04. The molecule has 0 radical (unpaired) electrons. The Bertz CT molecular complexity index is 1010. The van der Waals surface area contributed by atoms with Gasteiger partial charge in [-0.3, -0.25) is 9.59 Å². The summed E-state index contributed by atoms with van der Waals surface area (Å²) in [6, 6.07) is 14.5. The molecule has 0 unspecified atom stereocenters. The van der Waals surface area contributed by atoms with Gasteiger partial charge in [0.2, 0.25) is 5.91 Å². The number of aromatic nitrogens is 3. The number of benzene rings is 2. The minimum absolute atomic E-state index is 0.00264. The van der Waals surface area contributed by atoms with E-state index >= 15 is 0 Å². The molecule has 3 rings (SSSR count). The number of hydrogen-bond acceptors (Lipinski definition) is 6. The molecule has 1 aromatic heterocycles. The predicted molar refractivity (Wildman–Crippen MR) is 110 cm³/mol. The number of anilines is 3. The summed E-state index contributed by atoms with van der Waals surface area (Å²) in [5, 5.41) is 13.1. The lowest BCUT2D eigenvalue weighted by Gasteiger charge is -2.10. The Hall–Kier alpha value is -3.88. The molecule has 0 spiro atoms. The molecule has 9 heteroatoms. The molecule has 0 fully saturated rings. The molecule has 0 aliphatic carbocycles. The Morgan fingerprint density at radius 2 is 1.83 bits per heavy atom. The lowest BCUT2D eigenvalue weighted by atomic mass is 10.1. The van der Waals surface area contributed by atoms with Crippen molar-refractivity contribution >= 4 is 29.0 Å². The quantitative estimate of drug-likeness (QED) is 0.565. The molecule has 0 saturated carbocycles. The molecule has 4 N–H and O–H groups in total. The van der Waals surface area contributed by atoms with Crippen LogP contribution in [0.5, 0.6) is 5.75 Å². The van der Waals surface area contributed by atoms with Gasteiger partial charge in [-0.2, -0.15) is 0 Å². The highest BCUT2D eigenvalue weighted by molar-refractivity contribution is 6.05. The van der Waals surface area contributed by atoms with Crippen molar-refractivity contribution < 1.29 is 14.3 Å². The minimum Gasteiger partial charge on any atom is -0.495 e. The summed E-state index contributed by atoms with van der Waals surface area (Å²) in [5.41, 5.74) is 8.23. The number of nitrogens with zero attached hydrogens (tertiary/aromatic N) is 3. The van der Waals surface area contributed by atoms with Crippen LogP contribution >= 0.6 is 0 Å². The number of nitrogens with one attached hydrogen (secondary N) is 2. The van der Waals surface area contributed by atoms with Crippen molar-refractivity contribution in [2.75, 3.05) is 23.5 Å². The second-order valence-corrected chi connectivity index (χ2v) is 6.23. The second kappa shape index (κ2) is 8.87. The van der Waals surface area contributed by atoms with Crippen LogP contribution < -0.4 is 21.1 Å². The van der Waals surface area contributed by atoms with E-state index in [1.807, 2.05) is 12.1 Å². The number of carbonyl (C=O) groups excluding carboxylic acids is 2. The fourth-order valence-electron chi connectivity index (χ4n) is 2.69. The molecule has 3 aromatic rings. The third kappa shape index (κ3) is 4.70. The lowest BCUT2D eigenvalue weighted by molar-refractivity contribution is -0.116. The van der Waals surface area contributed by atoms with E-state index in [-0.39, 0.29) is 24.0 Å². The fraction of sp³-hybridized carbons (Fsp3) is 0.200. The van der Waals surface area contributed by atoms with E-state index in [1.165, 1.54) is 11.8 Å². The van der Waals surface area contributed by atoms with Crippen molar-refractivity contribution in [2.24, 2.45) is 0 Å². The Labute approximate surface area is 167 Å². The molecule has 2 amide bonds. The van der Waals surface area contributed by atoms with Crippen molar-refractivity contribution in [3.05, 3.63) is 59.8 Å². The molecular weight excluding hydrogens is 372 g/mol. The molecule has 0 atom stereocenters. The van der Waals surface area contributed by atoms with Gasteiger partial charge in [-0.25, -0.2) is 4.68 Å². The van der Waals surface area contributed by atoms with E-state index in [2.05, 4.69) is 27.9 Å². The molecule has 0 aliphatic rings. The first-order chi connectivity index (χ1) is 14.0. The van der Waals surface area contributed by atoms with Gasteiger partial charge in [0.05, 0.1) is 12.8 Å². The predicted octanol–water partition coefficient (Wildman–Crippen LogP) is 2.32. The van der Waals surface area contributed by atoms with E-state index in [9.17, 15) is 9.59 Å². The maximum Gasteiger partial charge on any atom is 0.280 e. The van der Waals surface area contributed by atoms with Gasteiger partial charge < -0.3 is 21.1 Å². The van der Waals surface area contributed by atoms with Crippen molar-refractivity contribution in [2.45, 2.75) is 19.9 Å². The van der Waals surface area contributed by atoms with E-state index < -0.39 is 5.91 Å². The van der Waals surface area contributed by atoms with Crippen LogP contribution in [0, 0.1) is 0 Å². The molecule has 9 nitrogen and oxygen atoms in total. The van der Waals surface area contributed by atoms with Crippen molar-refractivity contribution in [3.8, 4) is 5.75 Å². The van der Waals surface area contributed by atoms with Crippen LogP contribution in [0.25, 0.3) is 0 Å². The standard InChI is InChI=1S/C20H22N6O3/c1-3-13-8-10-14(11-9-13)22-20(28)18-19(21)26(25-24-18)12-17(27)23-15-6-4-5-7-16(15)29-2/h4-11H,3,12,21H2,1-2H3,(H,22,28)(H,23,27). The zero-order valence-electron chi connectivity index (χ0n) is 16.2. The second-order valence-electron chi connectivity index (χ2n) is 6.23. The van der Waals surface area contributed by atoms with E-state index in [0.29, 0.717) is 17.1 Å². The summed E-state index contributed by atoms with van der Waals surface area (Å²) in [6.07, 6.45) is 0.909. The highest BCUT2D eigenvalue weighted by Gasteiger charge is 2.19. The number of carbonyl (C=O) groups is 2. The number of nitrogens with two attached hydrogens (primary N) is 1. The topological polar surface area (TPSA) is 124 Å². The Morgan fingerprint density at radius 3 is 2.52 bits per heavy atom. The first-order valence-electron chi connectivity index (χ1n) is 9.04. The van der Waals surface area contributed by atoms with Crippen LogP contribution in [0.3, 0.4) is 0 Å². The maximum absolute atomic E-state index is 12.4. The molecule has 2 aromatic carbocycles. The SMILES string of the molecule is CCc1ccc(NC(=O)c2nnn(CC(=O)Nc3ccccc3OC)c2N)cc1. The number of methoxy groups -OCH3 is 1. The summed E-state index contributed by atoms with van der Waals surface area (Å²) in [5.74, 6) is -0.347. The first kappa shape index (κ1) is 19.9. The van der Waals surface area contributed by atoms with Crippen LogP contribution in [-0.4, -0.2) is 33.9 Å². The van der Waals surface area contributed by atoms with Gasteiger partial charge in [-0.15, -0.1) is 5.10 Å². The molecule has 0 aliphatic heterocycles. The third-order valence-corrected chi connectivity index (χ3v) is 4.28. The number of ether oxygens (including phenoxy) is 1. The van der Waals surface area contributed by atoms with Crippen molar-refractivity contribution in [3.63, 3.8) is 0 Å². The van der Waals surface area contributed by atoms with Gasteiger partial charge in [0.15, 0.2) is 11.5 Å². The molecule has 0 bridgehead atoms. The summed E-state index contributed by atoms with van der Waals surface area (Å²) in [4.78, 5) is 24.8. The van der Waals surface area contributed by atoms with Crippen LogP contribution in [0.15, 0.2) is 48.5 Å². The van der Waals surface area contributed by atoms with Crippen molar-refractivity contribution in [1.82, 2.24) is 15.0 Å². The number of hydrogen-bond donors (Lipinski definition) is 3. The van der Waals surface area contributed by atoms with E-state index in [4.69, 9.17) is 10.5 Å². The van der Waals surface area contributed by atoms with Crippen molar-refractivity contribution in [1.29, 1.82) is 0 Å². The smallest absolute Gasteiger partial charge is 0.280 e. The average Bonchev–Trinajstić information content (AvgIpc) is 3.09. The monoisotopic (exact) mass is 394 g/mol. The van der Waals surface area contributed by atoms with Gasteiger partial charge >= 0.3 is 0 Å². The average molecular weight is 394 g/mol. The third-order valence-electron chi connectivity index (χ3n) is 4.28. The zero-order valence-corrected chi connectivity index (χ0v) is 16.2. The minimum atomic E-state index is -0.497. The highest BCUT2D eigenvalue weighted by Crippen LogP contribution is 2.23. The van der Waals surface area contributed by atoms with E-state index in [1.54, 1.807) is 36.4 Å². The van der Waals surface area contributed by atoms with Gasteiger partial charge in [-0.05, 0) is 36.2 Å². The molecular formula is C20H22N6O3.